The highest BCUT2D eigenvalue weighted by molar-refractivity contribution is 7.99. The Labute approximate surface area is 142 Å². The lowest BCUT2D eigenvalue weighted by atomic mass is 10.1. The number of carbonyl (C=O) groups excluding carboxylic acids is 1. The predicted octanol–water partition coefficient (Wildman–Crippen LogP) is 4.82. The van der Waals surface area contributed by atoms with Gasteiger partial charge in [-0.05, 0) is 61.7 Å². The van der Waals surface area contributed by atoms with E-state index in [0.29, 0.717) is 0 Å². The van der Waals surface area contributed by atoms with Gasteiger partial charge in [0.25, 0.3) is 0 Å². The van der Waals surface area contributed by atoms with Crippen LogP contribution in [0.5, 0.6) is 5.75 Å². The number of hydrogen-bond acceptors (Lipinski definition) is 3. The highest BCUT2D eigenvalue weighted by atomic mass is 32.2. The predicted molar refractivity (Wildman–Crippen MR) is 97.5 cm³/mol. The van der Waals surface area contributed by atoms with Crippen LogP contribution < -0.4 is 10.1 Å². The third-order valence-electron chi connectivity index (χ3n) is 3.33. The molecule has 0 fully saturated rings. The van der Waals surface area contributed by atoms with Crippen LogP contribution in [-0.4, -0.2) is 18.3 Å². The molecule has 23 heavy (non-hydrogen) atoms. The minimum atomic E-state index is -0.0472. The van der Waals surface area contributed by atoms with Gasteiger partial charge in [0.1, 0.15) is 5.75 Å². The second-order valence-electron chi connectivity index (χ2n) is 5.52. The standard InChI is InChI=1S/C19H23NO2S/c1-14-5-6-15(2)19(13-14)22-11-4-12-23-18-9-7-17(8-10-18)20-16(3)21/h5-10,13H,4,11-12H2,1-3H3,(H,20,21). The number of nitrogens with one attached hydrogen (secondary N) is 1. The van der Waals surface area contributed by atoms with Crippen molar-refractivity contribution in [1.82, 2.24) is 0 Å². The van der Waals surface area contributed by atoms with Crippen LogP contribution in [0.2, 0.25) is 0 Å². The minimum absolute atomic E-state index is 0.0472. The number of amides is 1. The summed E-state index contributed by atoms with van der Waals surface area (Å²) in [7, 11) is 0. The molecule has 0 atom stereocenters. The first kappa shape index (κ1) is 17.4. The number of thioether (sulfide) groups is 1. The molecule has 0 heterocycles. The first-order valence-corrected chi connectivity index (χ1v) is 8.73. The second-order valence-corrected chi connectivity index (χ2v) is 6.69. The normalized spacial score (nSPS) is 10.4. The zero-order valence-electron chi connectivity index (χ0n) is 13.9. The zero-order chi connectivity index (χ0) is 16.7. The lowest BCUT2D eigenvalue weighted by Gasteiger charge is -2.10. The average molecular weight is 329 g/mol. The molecule has 0 aromatic heterocycles. The molecular weight excluding hydrogens is 306 g/mol. The fourth-order valence-electron chi connectivity index (χ4n) is 2.13. The van der Waals surface area contributed by atoms with Crippen molar-refractivity contribution < 1.29 is 9.53 Å². The summed E-state index contributed by atoms with van der Waals surface area (Å²) in [4.78, 5) is 12.2. The Hall–Kier alpha value is -1.94. The lowest BCUT2D eigenvalue weighted by molar-refractivity contribution is -0.114. The monoisotopic (exact) mass is 329 g/mol. The molecule has 0 radical (unpaired) electrons. The topological polar surface area (TPSA) is 38.3 Å². The molecule has 0 aliphatic carbocycles. The van der Waals surface area contributed by atoms with Crippen molar-refractivity contribution in [3.8, 4) is 5.75 Å². The second kappa shape index (κ2) is 8.63. The van der Waals surface area contributed by atoms with Crippen LogP contribution in [0.1, 0.15) is 24.5 Å². The molecule has 122 valence electrons. The van der Waals surface area contributed by atoms with Gasteiger partial charge in [0.2, 0.25) is 5.91 Å². The van der Waals surface area contributed by atoms with Crippen LogP contribution >= 0.6 is 11.8 Å². The largest absolute Gasteiger partial charge is 0.493 e. The molecule has 2 aromatic carbocycles. The van der Waals surface area contributed by atoms with E-state index >= 15 is 0 Å². The van der Waals surface area contributed by atoms with Crippen LogP contribution in [0.3, 0.4) is 0 Å². The van der Waals surface area contributed by atoms with Crippen molar-refractivity contribution in [2.45, 2.75) is 32.1 Å². The zero-order valence-corrected chi connectivity index (χ0v) is 14.7. The summed E-state index contributed by atoms with van der Waals surface area (Å²) in [6, 6.07) is 14.2. The summed E-state index contributed by atoms with van der Waals surface area (Å²) in [5.41, 5.74) is 3.23. The van der Waals surface area contributed by atoms with Crippen molar-refractivity contribution in [1.29, 1.82) is 0 Å². The molecule has 2 aromatic rings. The van der Waals surface area contributed by atoms with Gasteiger partial charge in [0.05, 0.1) is 6.61 Å². The van der Waals surface area contributed by atoms with E-state index in [1.54, 1.807) is 11.8 Å². The van der Waals surface area contributed by atoms with Gasteiger partial charge < -0.3 is 10.1 Å². The molecule has 0 aliphatic rings. The van der Waals surface area contributed by atoms with Crippen molar-refractivity contribution in [3.05, 3.63) is 53.6 Å². The molecule has 0 aliphatic heterocycles. The van der Waals surface area contributed by atoms with Crippen LogP contribution in [-0.2, 0) is 4.79 Å². The summed E-state index contributed by atoms with van der Waals surface area (Å²) in [5.74, 6) is 1.94. The van der Waals surface area contributed by atoms with E-state index in [1.165, 1.54) is 22.9 Å². The molecule has 2 rings (SSSR count). The van der Waals surface area contributed by atoms with Gasteiger partial charge in [-0.25, -0.2) is 0 Å². The quantitative estimate of drug-likeness (QED) is 0.584. The molecule has 1 N–H and O–H groups in total. The molecule has 3 nitrogen and oxygen atoms in total. The van der Waals surface area contributed by atoms with Gasteiger partial charge in [-0.2, -0.15) is 0 Å². The van der Waals surface area contributed by atoms with Crippen LogP contribution in [0.4, 0.5) is 5.69 Å². The molecule has 0 spiro atoms. The van der Waals surface area contributed by atoms with Crippen molar-refractivity contribution in [3.63, 3.8) is 0 Å². The number of carbonyl (C=O) groups is 1. The molecule has 0 bridgehead atoms. The van der Waals surface area contributed by atoms with Gasteiger partial charge in [0, 0.05) is 23.3 Å². The molecule has 1 amide bonds. The Bertz CT molecular complexity index is 653. The number of ether oxygens (including phenoxy) is 1. The Morgan fingerprint density at radius 2 is 1.87 bits per heavy atom. The van der Waals surface area contributed by atoms with Gasteiger partial charge in [-0.1, -0.05) is 12.1 Å². The Balaban J connectivity index is 1.71. The summed E-state index contributed by atoms with van der Waals surface area (Å²) < 4.78 is 5.86. The van der Waals surface area contributed by atoms with E-state index in [2.05, 4.69) is 37.4 Å². The molecule has 0 saturated heterocycles. The van der Waals surface area contributed by atoms with Crippen molar-refractivity contribution in [2.75, 3.05) is 17.7 Å². The summed E-state index contributed by atoms with van der Waals surface area (Å²) in [6.07, 6.45) is 0.992. The Kier molecular flexibility index (Phi) is 6.53. The van der Waals surface area contributed by atoms with Crippen LogP contribution in [0.25, 0.3) is 0 Å². The first-order chi connectivity index (χ1) is 11.0. The maximum Gasteiger partial charge on any atom is 0.221 e. The average Bonchev–Trinajstić information content (AvgIpc) is 2.51. The van der Waals surface area contributed by atoms with Crippen LogP contribution in [0, 0.1) is 13.8 Å². The number of benzene rings is 2. The smallest absolute Gasteiger partial charge is 0.221 e. The highest BCUT2D eigenvalue weighted by Crippen LogP contribution is 2.22. The molecule has 0 saturated carbocycles. The van der Waals surface area contributed by atoms with E-state index in [0.717, 1.165) is 30.2 Å². The van der Waals surface area contributed by atoms with E-state index in [4.69, 9.17) is 4.74 Å². The number of hydrogen-bond donors (Lipinski definition) is 1. The van der Waals surface area contributed by atoms with E-state index in [-0.39, 0.29) is 5.91 Å². The van der Waals surface area contributed by atoms with Gasteiger partial charge in [0.15, 0.2) is 0 Å². The molecule has 4 heteroatoms. The Morgan fingerprint density at radius 3 is 2.57 bits per heavy atom. The maximum atomic E-state index is 11.0. The minimum Gasteiger partial charge on any atom is -0.493 e. The van der Waals surface area contributed by atoms with E-state index in [9.17, 15) is 4.79 Å². The SMILES string of the molecule is CC(=O)Nc1ccc(SCCCOc2cc(C)ccc2C)cc1. The Morgan fingerprint density at radius 1 is 1.13 bits per heavy atom. The number of aryl methyl sites for hydroxylation is 2. The van der Waals surface area contributed by atoms with E-state index in [1.807, 2.05) is 24.3 Å². The summed E-state index contributed by atoms with van der Waals surface area (Å²) in [5, 5.41) is 2.77. The fraction of sp³-hybridized carbons (Fsp3) is 0.316. The van der Waals surface area contributed by atoms with Crippen molar-refractivity contribution in [2.24, 2.45) is 0 Å². The highest BCUT2D eigenvalue weighted by Gasteiger charge is 2.01. The van der Waals surface area contributed by atoms with Gasteiger partial charge >= 0.3 is 0 Å². The third kappa shape index (κ3) is 5.99. The fourth-order valence-corrected chi connectivity index (χ4v) is 2.96. The van der Waals surface area contributed by atoms with Gasteiger partial charge in [-0.15, -0.1) is 11.8 Å². The third-order valence-corrected chi connectivity index (χ3v) is 4.43. The molecular formula is C19H23NO2S. The van der Waals surface area contributed by atoms with Crippen LogP contribution in [0.15, 0.2) is 47.4 Å². The first-order valence-electron chi connectivity index (χ1n) is 7.75. The summed E-state index contributed by atoms with van der Waals surface area (Å²) >= 11 is 1.80. The molecule has 0 unspecified atom stereocenters. The summed E-state index contributed by atoms with van der Waals surface area (Å²) in [6.45, 7) is 6.38. The van der Waals surface area contributed by atoms with E-state index < -0.39 is 0 Å². The lowest BCUT2D eigenvalue weighted by Crippen LogP contribution is -2.05. The number of anilines is 1. The number of rotatable bonds is 7. The van der Waals surface area contributed by atoms with Crippen molar-refractivity contribution >= 4 is 23.4 Å². The van der Waals surface area contributed by atoms with Gasteiger partial charge in [-0.3, -0.25) is 4.79 Å². The maximum absolute atomic E-state index is 11.0.